The second kappa shape index (κ2) is 6.01. The first-order valence-corrected chi connectivity index (χ1v) is 4.21. The fourth-order valence-corrected chi connectivity index (χ4v) is 0.712. The van der Waals surface area contributed by atoms with E-state index in [-0.39, 0.29) is 12.4 Å². The summed E-state index contributed by atoms with van der Waals surface area (Å²) < 4.78 is 9.38. The van der Waals surface area contributed by atoms with Crippen molar-refractivity contribution in [3.63, 3.8) is 0 Å². The molecule has 0 rings (SSSR count). The summed E-state index contributed by atoms with van der Waals surface area (Å²) in [4.78, 5) is 23.5. The zero-order chi connectivity index (χ0) is 11.1. The minimum Gasteiger partial charge on any atom is -0.460 e. The largest absolute Gasteiger partial charge is 0.460 e. The van der Waals surface area contributed by atoms with Crippen LogP contribution in [0.4, 0.5) is 0 Å². The molecule has 0 saturated carbocycles. The van der Waals surface area contributed by atoms with Gasteiger partial charge in [-0.15, -0.1) is 0 Å². The van der Waals surface area contributed by atoms with Crippen LogP contribution in [0.3, 0.4) is 0 Å². The summed E-state index contributed by atoms with van der Waals surface area (Å²) in [6, 6.07) is 0. The highest BCUT2D eigenvalue weighted by Gasteiger charge is 2.14. The minimum atomic E-state index is -0.642. The molecule has 0 aliphatic heterocycles. The van der Waals surface area contributed by atoms with Gasteiger partial charge in [-0.05, 0) is 6.92 Å². The third-order valence-corrected chi connectivity index (χ3v) is 1.11. The molecule has 5 nitrogen and oxygen atoms in total. The average molecular weight is 201 g/mol. The maximum absolute atomic E-state index is 11.2. The van der Waals surface area contributed by atoms with E-state index in [4.69, 9.17) is 4.74 Å². The lowest BCUT2D eigenvalue weighted by atomic mass is 10.5. The van der Waals surface area contributed by atoms with E-state index in [1.54, 1.807) is 25.9 Å². The van der Waals surface area contributed by atoms with Crippen molar-refractivity contribution in [1.29, 1.82) is 0 Å². The van der Waals surface area contributed by atoms with Crippen LogP contribution < -0.4 is 0 Å². The van der Waals surface area contributed by atoms with Gasteiger partial charge in [-0.25, -0.2) is 4.79 Å². The quantitative estimate of drug-likeness (QED) is 0.377. The summed E-state index contributed by atoms with van der Waals surface area (Å²) >= 11 is 0. The van der Waals surface area contributed by atoms with Crippen LogP contribution >= 0.6 is 0 Å². The molecule has 0 aliphatic carbocycles. The molecule has 0 aromatic rings. The smallest absolute Gasteiger partial charge is 0.375 e. The lowest BCUT2D eigenvalue weighted by molar-refractivity contribution is -0.150. The van der Waals surface area contributed by atoms with Crippen molar-refractivity contribution in [3.05, 3.63) is 12.0 Å². The number of ether oxygens (including phenoxy) is 2. The van der Waals surface area contributed by atoms with Crippen molar-refractivity contribution in [3.8, 4) is 0 Å². The Labute approximate surface area is 83.3 Å². The average Bonchev–Trinajstić information content (AvgIpc) is 2.01. The molecular formula is C9H15NO4. The summed E-state index contributed by atoms with van der Waals surface area (Å²) in [5.41, 5.74) is 0. The fraction of sp³-hybridized carbons (Fsp3) is 0.556. The van der Waals surface area contributed by atoms with Gasteiger partial charge >= 0.3 is 11.9 Å². The number of carbonyl (C=O) groups excluding carboxylic acids is 2. The summed E-state index contributed by atoms with van der Waals surface area (Å²) in [5.74, 6) is -1.30. The maximum atomic E-state index is 11.2. The van der Waals surface area contributed by atoms with Crippen LogP contribution in [0.5, 0.6) is 0 Å². The standard InChI is InChI=1S/C9H15NO4/c1-5-13-9(12)8(6-10(3)4)14-7(2)11/h6H,5H2,1-4H3/b8-6-. The van der Waals surface area contributed by atoms with Crippen LogP contribution in [0.15, 0.2) is 12.0 Å². The number of carbonyl (C=O) groups is 2. The van der Waals surface area contributed by atoms with E-state index in [1.165, 1.54) is 13.1 Å². The lowest BCUT2D eigenvalue weighted by Crippen LogP contribution is -2.16. The van der Waals surface area contributed by atoms with Gasteiger partial charge in [0.05, 0.1) is 6.61 Å². The van der Waals surface area contributed by atoms with E-state index in [9.17, 15) is 9.59 Å². The Balaban J connectivity index is 4.54. The Morgan fingerprint density at radius 2 is 1.93 bits per heavy atom. The van der Waals surface area contributed by atoms with Crippen molar-refractivity contribution in [2.45, 2.75) is 13.8 Å². The zero-order valence-electron chi connectivity index (χ0n) is 8.86. The normalized spacial score (nSPS) is 10.7. The topological polar surface area (TPSA) is 55.8 Å². The van der Waals surface area contributed by atoms with Crippen molar-refractivity contribution >= 4 is 11.9 Å². The van der Waals surface area contributed by atoms with E-state index in [2.05, 4.69) is 4.74 Å². The predicted octanol–water partition coefficient (Wildman–Crippen LogP) is 0.516. The molecule has 0 atom stereocenters. The summed E-state index contributed by atoms with van der Waals surface area (Å²) in [6.07, 6.45) is 1.39. The molecule has 0 bridgehead atoms. The van der Waals surface area contributed by atoms with Gasteiger partial charge < -0.3 is 14.4 Å². The highest BCUT2D eigenvalue weighted by molar-refractivity contribution is 5.89. The molecule has 0 fully saturated rings. The Kier molecular flexibility index (Phi) is 5.36. The number of esters is 2. The minimum absolute atomic E-state index is 0.107. The Bertz CT molecular complexity index is 245. The monoisotopic (exact) mass is 201 g/mol. The second-order valence-corrected chi connectivity index (χ2v) is 2.77. The molecular weight excluding hydrogens is 186 g/mol. The van der Waals surface area contributed by atoms with E-state index in [0.717, 1.165) is 0 Å². The molecule has 0 radical (unpaired) electrons. The molecule has 80 valence electrons. The van der Waals surface area contributed by atoms with Crippen molar-refractivity contribution in [2.24, 2.45) is 0 Å². The van der Waals surface area contributed by atoms with Crippen molar-refractivity contribution < 1.29 is 19.1 Å². The molecule has 5 heteroatoms. The molecule has 0 amide bonds. The summed E-state index contributed by atoms with van der Waals surface area (Å²) in [5, 5.41) is 0. The third-order valence-electron chi connectivity index (χ3n) is 1.11. The first-order valence-electron chi connectivity index (χ1n) is 4.21. The van der Waals surface area contributed by atoms with Gasteiger partial charge in [-0.2, -0.15) is 0 Å². The summed E-state index contributed by atoms with van der Waals surface area (Å²) in [6.45, 7) is 3.15. The number of rotatable bonds is 4. The van der Waals surface area contributed by atoms with Crippen molar-refractivity contribution in [1.82, 2.24) is 4.90 Å². The van der Waals surface area contributed by atoms with Crippen LogP contribution in [0.25, 0.3) is 0 Å². The van der Waals surface area contributed by atoms with Crippen LogP contribution in [-0.4, -0.2) is 37.5 Å². The van der Waals surface area contributed by atoms with Crippen LogP contribution in [-0.2, 0) is 19.1 Å². The second-order valence-electron chi connectivity index (χ2n) is 2.77. The SMILES string of the molecule is CCOC(=O)/C(=C/N(C)C)OC(C)=O. The van der Waals surface area contributed by atoms with Gasteiger partial charge in [0.2, 0.25) is 5.76 Å². The third kappa shape index (κ3) is 5.18. The van der Waals surface area contributed by atoms with Gasteiger partial charge in [-0.1, -0.05) is 0 Å². The molecule has 0 N–H and O–H groups in total. The zero-order valence-corrected chi connectivity index (χ0v) is 8.86. The highest BCUT2D eigenvalue weighted by atomic mass is 16.6. The van der Waals surface area contributed by atoms with Crippen LogP contribution in [0.2, 0.25) is 0 Å². The Hall–Kier alpha value is -1.52. The molecule has 0 aromatic carbocycles. The Morgan fingerprint density at radius 1 is 1.36 bits per heavy atom. The molecule has 0 aliphatic rings. The first kappa shape index (κ1) is 12.5. The predicted molar refractivity (Wildman–Crippen MR) is 50.2 cm³/mol. The number of nitrogens with zero attached hydrogens (tertiary/aromatic N) is 1. The van der Waals surface area contributed by atoms with Crippen molar-refractivity contribution in [2.75, 3.05) is 20.7 Å². The maximum Gasteiger partial charge on any atom is 0.375 e. The molecule has 0 unspecified atom stereocenters. The highest BCUT2D eigenvalue weighted by Crippen LogP contribution is 2.02. The van der Waals surface area contributed by atoms with E-state index < -0.39 is 11.9 Å². The van der Waals surface area contributed by atoms with Gasteiger partial charge in [-0.3, -0.25) is 4.79 Å². The fourth-order valence-electron chi connectivity index (χ4n) is 0.712. The molecule has 0 heterocycles. The van der Waals surface area contributed by atoms with E-state index in [0.29, 0.717) is 0 Å². The molecule has 0 spiro atoms. The number of hydrogen-bond donors (Lipinski definition) is 0. The van der Waals surface area contributed by atoms with Gasteiger partial charge in [0.25, 0.3) is 0 Å². The summed E-state index contributed by atoms with van der Waals surface area (Å²) in [7, 11) is 3.42. The van der Waals surface area contributed by atoms with Crippen LogP contribution in [0, 0.1) is 0 Å². The van der Waals surface area contributed by atoms with Gasteiger partial charge in [0, 0.05) is 27.2 Å². The van der Waals surface area contributed by atoms with Gasteiger partial charge in [0.1, 0.15) is 0 Å². The molecule has 0 aromatic heterocycles. The first-order chi connectivity index (χ1) is 6.47. The van der Waals surface area contributed by atoms with Crippen LogP contribution in [0.1, 0.15) is 13.8 Å². The Morgan fingerprint density at radius 3 is 2.29 bits per heavy atom. The lowest BCUT2D eigenvalue weighted by Gasteiger charge is -2.09. The molecule has 0 saturated heterocycles. The van der Waals surface area contributed by atoms with E-state index in [1.807, 2.05) is 0 Å². The number of hydrogen-bond acceptors (Lipinski definition) is 5. The van der Waals surface area contributed by atoms with Gasteiger partial charge in [0.15, 0.2) is 0 Å². The molecule has 14 heavy (non-hydrogen) atoms. The van der Waals surface area contributed by atoms with E-state index >= 15 is 0 Å².